The Morgan fingerprint density at radius 2 is 2.10 bits per heavy atom. The van der Waals surface area contributed by atoms with E-state index in [-0.39, 0.29) is 18.1 Å². The standard InChI is InChI=1S/C15H23N3O2S/c19-15(16-13-2-6-20-7-3-13)17-14-1-5-18(10-14)9-12-4-8-21-11-12/h4,8,11,13-14H,1-3,5-7,9-10H2,(H2,16,17,19)/t14-/m1/s1. The van der Waals surface area contributed by atoms with Crippen LogP contribution >= 0.6 is 11.3 Å². The highest BCUT2D eigenvalue weighted by atomic mass is 32.1. The minimum atomic E-state index is -0.0238. The summed E-state index contributed by atoms with van der Waals surface area (Å²) in [5.74, 6) is 0. The molecule has 0 aliphatic carbocycles. The van der Waals surface area contributed by atoms with E-state index in [1.807, 2.05) is 0 Å². The number of nitrogens with one attached hydrogen (secondary N) is 2. The van der Waals surface area contributed by atoms with Crippen LogP contribution in [-0.4, -0.2) is 49.3 Å². The summed E-state index contributed by atoms with van der Waals surface area (Å²) in [5.41, 5.74) is 1.37. The van der Waals surface area contributed by atoms with Gasteiger partial charge in [-0.05, 0) is 41.7 Å². The van der Waals surface area contributed by atoms with E-state index in [2.05, 4.69) is 32.4 Å². The number of nitrogens with zero attached hydrogens (tertiary/aromatic N) is 1. The molecule has 0 unspecified atom stereocenters. The van der Waals surface area contributed by atoms with E-state index in [1.165, 1.54) is 5.56 Å². The van der Waals surface area contributed by atoms with Gasteiger partial charge in [-0.25, -0.2) is 4.79 Å². The number of carbonyl (C=O) groups excluding carboxylic acids is 1. The number of hydrogen-bond acceptors (Lipinski definition) is 4. The number of hydrogen-bond donors (Lipinski definition) is 2. The summed E-state index contributed by atoms with van der Waals surface area (Å²) < 4.78 is 5.30. The van der Waals surface area contributed by atoms with Crippen LogP contribution < -0.4 is 10.6 Å². The Kier molecular flexibility index (Phi) is 5.11. The number of ether oxygens (including phenoxy) is 1. The normalized spacial score (nSPS) is 24.1. The molecule has 2 fully saturated rings. The van der Waals surface area contributed by atoms with Crippen LogP contribution in [0.4, 0.5) is 4.79 Å². The van der Waals surface area contributed by atoms with Gasteiger partial charge in [-0.2, -0.15) is 11.3 Å². The van der Waals surface area contributed by atoms with Crippen molar-refractivity contribution in [2.45, 2.75) is 37.9 Å². The highest BCUT2D eigenvalue weighted by molar-refractivity contribution is 7.07. The zero-order chi connectivity index (χ0) is 14.5. The summed E-state index contributed by atoms with van der Waals surface area (Å²) in [6.45, 7) is 4.49. The molecule has 116 valence electrons. The molecule has 21 heavy (non-hydrogen) atoms. The molecule has 6 heteroatoms. The van der Waals surface area contributed by atoms with Gasteiger partial charge in [-0.3, -0.25) is 4.90 Å². The van der Waals surface area contributed by atoms with Crippen molar-refractivity contribution < 1.29 is 9.53 Å². The quantitative estimate of drug-likeness (QED) is 0.892. The first-order chi connectivity index (χ1) is 10.3. The van der Waals surface area contributed by atoms with Crippen molar-refractivity contribution in [2.24, 2.45) is 0 Å². The van der Waals surface area contributed by atoms with Gasteiger partial charge in [-0.15, -0.1) is 0 Å². The second-order valence-electron chi connectivity index (χ2n) is 5.86. The van der Waals surface area contributed by atoms with Gasteiger partial charge in [0, 0.05) is 44.9 Å². The topological polar surface area (TPSA) is 53.6 Å². The smallest absolute Gasteiger partial charge is 0.315 e. The number of likely N-dealkylation sites (tertiary alicyclic amines) is 1. The van der Waals surface area contributed by atoms with E-state index in [0.29, 0.717) is 0 Å². The molecule has 1 aromatic heterocycles. The van der Waals surface area contributed by atoms with Crippen molar-refractivity contribution in [3.63, 3.8) is 0 Å². The van der Waals surface area contributed by atoms with E-state index in [0.717, 1.165) is 52.1 Å². The zero-order valence-electron chi connectivity index (χ0n) is 12.2. The minimum Gasteiger partial charge on any atom is -0.381 e. The van der Waals surface area contributed by atoms with Crippen molar-refractivity contribution in [1.29, 1.82) is 0 Å². The average Bonchev–Trinajstić information content (AvgIpc) is 3.13. The molecule has 0 aromatic carbocycles. The molecule has 3 heterocycles. The second kappa shape index (κ2) is 7.24. The lowest BCUT2D eigenvalue weighted by atomic mass is 10.1. The van der Waals surface area contributed by atoms with Crippen LogP contribution in [0.1, 0.15) is 24.8 Å². The Labute approximate surface area is 129 Å². The SMILES string of the molecule is O=C(NC1CCOCC1)N[C@@H]1CCN(Cc2ccsc2)C1. The predicted octanol–water partition coefficient (Wildman–Crippen LogP) is 1.80. The molecule has 0 saturated carbocycles. The van der Waals surface area contributed by atoms with Gasteiger partial charge < -0.3 is 15.4 Å². The summed E-state index contributed by atoms with van der Waals surface area (Å²) in [4.78, 5) is 14.4. The van der Waals surface area contributed by atoms with Crippen molar-refractivity contribution in [3.05, 3.63) is 22.4 Å². The lowest BCUT2D eigenvalue weighted by Crippen LogP contribution is -2.48. The third-order valence-corrected chi connectivity index (χ3v) is 4.88. The molecule has 2 aliphatic heterocycles. The lowest BCUT2D eigenvalue weighted by molar-refractivity contribution is 0.0799. The summed E-state index contributed by atoms with van der Waals surface area (Å²) in [7, 11) is 0. The van der Waals surface area contributed by atoms with E-state index in [9.17, 15) is 4.79 Å². The molecular weight excluding hydrogens is 286 g/mol. The van der Waals surface area contributed by atoms with Crippen LogP contribution in [0.15, 0.2) is 16.8 Å². The van der Waals surface area contributed by atoms with Crippen molar-refractivity contribution in [1.82, 2.24) is 15.5 Å². The fourth-order valence-corrected chi connectivity index (χ4v) is 3.65. The molecule has 2 saturated heterocycles. The fraction of sp³-hybridized carbons (Fsp3) is 0.667. The molecule has 1 aromatic rings. The van der Waals surface area contributed by atoms with E-state index in [1.54, 1.807) is 11.3 Å². The Bertz CT molecular complexity index is 446. The molecule has 2 N–H and O–H groups in total. The lowest BCUT2D eigenvalue weighted by Gasteiger charge is -2.24. The molecular formula is C15H23N3O2S. The van der Waals surface area contributed by atoms with Crippen molar-refractivity contribution in [3.8, 4) is 0 Å². The van der Waals surface area contributed by atoms with Gasteiger partial charge in [0.25, 0.3) is 0 Å². The third kappa shape index (κ3) is 4.43. The molecule has 2 aliphatic rings. The van der Waals surface area contributed by atoms with E-state index in [4.69, 9.17) is 4.74 Å². The highest BCUT2D eigenvalue weighted by Crippen LogP contribution is 2.15. The number of amides is 2. The van der Waals surface area contributed by atoms with Crippen LogP contribution in [0.5, 0.6) is 0 Å². The molecule has 0 radical (unpaired) electrons. The van der Waals surface area contributed by atoms with Crippen molar-refractivity contribution in [2.75, 3.05) is 26.3 Å². The first kappa shape index (κ1) is 14.8. The maximum Gasteiger partial charge on any atom is 0.315 e. The largest absolute Gasteiger partial charge is 0.381 e. The van der Waals surface area contributed by atoms with E-state index < -0.39 is 0 Å². The van der Waals surface area contributed by atoms with Gasteiger partial charge in [0.1, 0.15) is 0 Å². The Morgan fingerprint density at radius 1 is 1.29 bits per heavy atom. The molecule has 5 nitrogen and oxygen atoms in total. The molecule has 0 spiro atoms. The highest BCUT2D eigenvalue weighted by Gasteiger charge is 2.25. The summed E-state index contributed by atoms with van der Waals surface area (Å²) in [5, 5.41) is 10.5. The van der Waals surface area contributed by atoms with E-state index >= 15 is 0 Å². The van der Waals surface area contributed by atoms with Gasteiger partial charge in [0.2, 0.25) is 0 Å². The second-order valence-corrected chi connectivity index (χ2v) is 6.64. The van der Waals surface area contributed by atoms with Crippen LogP contribution in [0, 0.1) is 0 Å². The average molecular weight is 309 g/mol. The Hall–Kier alpha value is -1.11. The maximum atomic E-state index is 12.0. The van der Waals surface area contributed by atoms with Crippen LogP contribution in [0.25, 0.3) is 0 Å². The minimum absolute atomic E-state index is 0.0238. The third-order valence-electron chi connectivity index (χ3n) is 4.15. The van der Waals surface area contributed by atoms with Gasteiger partial charge in [-0.1, -0.05) is 0 Å². The monoisotopic (exact) mass is 309 g/mol. The Balaban J connectivity index is 1.38. The summed E-state index contributed by atoms with van der Waals surface area (Å²) >= 11 is 1.74. The van der Waals surface area contributed by atoms with Gasteiger partial charge in [0.15, 0.2) is 0 Å². The molecule has 2 amide bonds. The number of rotatable bonds is 4. The molecule has 3 rings (SSSR count). The maximum absolute atomic E-state index is 12.0. The number of carbonyl (C=O) groups is 1. The fourth-order valence-electron chi connectivity index (χ4n) is 2.99. The van der Waals surface area contributed by atoms with Gasteiger partial charge >= 0.3 is 6.03 Å². The number of urea groups is 1. The summed E-state index contributed by atoms with van der Waals surface area (Å²) in [6, 6.07) is 2.68. The zero-order valence-corrected chi connectivity index (χ0v) is 13.0. The molecule has 1 atom stereocenters. The Morgan fingerprint density at radius 3 is 2.86 bits per heavy atom. The van der Waals surface area contributed by atoms with Crippen molar-refractivity contribution >= 4 is 17.4 Å². The summed E-state index contributed by atoms with van der Waals surface area (Å²) in [6.07, 6.45) is 2.87. The first-order valence-corrected chi connectivity index (χ1v) is 8.62. The molecule has 0 bridgehead atoms. The van der Waals surface area contributed by atoms with Crippen LogP contribution in [-0.2, 0) is 11.3 Å². The van der Waals surface area contributed by atoms with Gasteiger partial charge in [0.05, 0.1) is 0 Å². The first-order valence-electron chi connectivity index (χ1n) is 7.68. The van der Waals surface area contributed by atoms with Crippen LogP contribution in [0.2, 0.25) is 0 Å². The predicted molar refractivity (Wildman–Crippen MR) is 83.5 cm³/mol. The van der Waals surface area contributed by atoms with Crippen LogP contribution in [0.3, 0.4) is 0 Å². The number of thiophene rings is 1.